The van der Waals surface area contributed by atoms with Gasteiger partial charge in [-0.25, -0.2) is 14.0 Å². The zero-order chi connectivity index (χ0) is 14.0. The third-order valence-electron chi connectivity index (χ3n) is 2.91. The normalized spacial score (nSPS) is 22.3. The summed E-state index contributed by atoms with van der Waals surface area (Å²) >= 11 is 0. The summed E-state index contributed by atoms with van der Waals surface area (Å²) in [7, 11) is 0. The molecule has 6 nitrogen and oxygen atoms in total. The Balaban J connectivity index is 2.05. The van der Waals surface area contributed by atoms with Gasteiger partial charge in [0.25, 0.3) is 0 Å². The molecule has 1 aliphatic rings. The summed E-state index contributed by atoms with van der Waals surface area (Å²) in [6.07, 6.45) is -1.78. The summed E-state index contributed by atoms with van der Waals surface area (Å²) in [5.74, 6) is -1.23. The van der Waals surface area contributed by atoms with Gasteiger partial charge in [-0.15, -0.1) is 0 Å². The van der Waals surface area contributed by atoms with E-state index in [1.165, 1.54) is 24.3 Å². The molecule has 102 valence electrons. The molecule has 1 aliphatic heterocycles. The SMILES string of the molecule is O=C(O)C1CC(Oc2ccc(F)cc2)CN1C(=O)O. The van der Waals surface area contributed by atoms with E-state index >= 15 is 0 Å². The number of halogens is 1. The number of carboxylic acids is 1. The van der Waals surface area contributed by atoms with E-state index in [9.17, 15) is 14.0 Å². The molecule has 0 spiro atoms. The summed E-state index contributed by atoms with van der Waals surface area (Å²) < 4.78 is 18.2. The van der Waals surface area contributed by atoms with E-state index in [0.717, 1.165) is 4.90 Å². The number of ether oxygens (including phenoxy) is 1. The molecule has 2 rings (SSSR count). The van der Waals surface area contributed by atoms with Gasteiger partial charge < -0.3 is 14.9 Å². The van der Waals surface area contributed by atoms with E-state index in [1.807, 2.05) is 0 Å². The highest BCUT2D eigenvalue weighted by Crippen LogP contribution is 2.23. The van der Waals surface area contributed by atoms with Crippen molar-refractivity contribution in [2.24, 2.45) is 0 Å². The molecule has 1 aromatic carbocycles. The van der Waals surface area contributed by atoms with Crippen molar-refractivity contribution in [1.29, 1.82) is 0 Å². The molecule has 7 heteroatoms. The van der Waals surface area contributed by atoms with Gasteiger partial charge in [-0.3, -0.25) is 4.90 Å². The number of amides is 1. The van der Waals surface area contributed by atoms with Crippen LogP contribution in [0.2, 0.25) is 0 Å². The van der Waals surface area contributed by atoms with Crippen molar-refractivity contribution in [3.05, 3.63) is 30.1 Å². The average Bonchev–Trinajstić information content (AvgIpc) is 2.76. The van der Waals surface area contributed by atoms with Crippen LogP contribution in [0.4, 0.5) is 9.18 Å². The Hall–Kier alpha value is -2.31. The Bertz CT molecular complexity index is 467. The Kier molecular flexibility index (Phi) is 3.55. The molecule has 0 aliphatic carbocycles. The molecule has 1 aromatic rings. The van der Waals surface area contributed by atoms with E-state index in [-0.39, 0.29) is 13.0 Å². The molecular weight excluding hydrogens is 257 g/mol. The predicted molar refractivity (Wildman–Crippen MR) is 61.6 cm³/mol. The fourth-order valence-corrected chi connectivity index (χ4v) is 2.03. The Morgan fingerprint density at radius 3 is 2.37 bits per heavy atom. The van der Waals surface area contributed by atoms with Crippen LogP contribution >= 0.6 is 0 Å². The maximum Gasteiger partial charge on any atom is 0.408 e. The predicted octanol–water partition coefficient (Wildman–Crippen LogP) is 1.41. The molecule has 2 N–H and O–H groups in total. The molecule has 2 atom stereocenters. The third kappa shape index (κ3) is 2.93. The van der Waals surface area contributed by atoms with Crippen LogP contribution in [0.15, 0.2) is 24.3 Å². The Morgan fingerprint density at radius 2 is 1.89 bits per heavy atom. The molecule has 1 amide bonds. The zero-order valence-corrected chi connectivity index (χ0v) is 9.82. The number of hydrogen-bond acceptors (Lipinski definition) is 3. The van der Waals surface area contributed by atoms with Crippen LogP contribution in [-0.4, -0.2) is 45.9 Å². The number of rotatable bonds is 3. The van der Waals surface area contributed by atoms with Crippen LogP contribution in [0, 0.1) is 5.82 Å². The number of carboxylic acid groups (broad SMARTS) is 2. The fourth-order valence-electron chi connectivity index (χ4n) is 2.03. The maximum atomic E-state index is 12.7. The number of hydrogen-bond donors (Lipinski definition) is 2. The molecule has 1 saturated heterocycles. The van der Waals surface area contributed by atoms with Crippen molar-refractivity contribution in [3.8, 4) is 5.75 Å². The maximum absolute atomic E-state index is 12.7. The fraction of sp³-hybridized carbons (Fsp3) is 0.333. The zero-order valence-electron chi connectivity index (χ0n) is 9.82. The van der Waals surface area contributed by atoms with Crippen molar-refractivity contribution in [2.45, 2.75) is 18.6 Å². The lowest BCUT2D eigenvalue weighted by Crippen LogP contribution is -2.39. The summed E-state index contributed by atoms with van der Waals surface area (Å²) in [5.41, 5.74) is 0. The summed E-state index contributed by atoms with van der Waals surface area (Å²) in [4.78, 5) is 22.7. The van der Waals surface area contributed by atoms with Gasteiger partial charge in [0.1, 0.15) is 23.7 Å². The minimum atomic E-state index is -1.29. The van der Waals surface area contributed by atoms with Crippen molar-refractivity contribution in [3.63, 3.8) is 0 Å². The number of benzene rings is 1. The van der Waals surface area contributed by atoms with Gasteiger partial charge in [0.2, 0.25) is 0 Å². The number of aliphatic carboxylic acids is 1. The first-order valence-corrected chi connectivity index (χ1v) is 5.62. The van der Waals surface area contributed by atoms with Crippen molar-refractivity contribution >= 4 is 12.1 Å². The molecule has 1 fully saturated rings. The van der Waals surface area contributed by atoms with E-state index in [4.69, 9.17) is 14.9 Å². The monoisotopic (exact) mass is 269 g/mol. The van der Waals surface area contributed by atoms with E-state index in [2.05, 4.69) is 0 Å². The highest BCUT2D eigenvalue weighted by molar-refractivity contribution is 5.80. The lowest BCUT2D eigenvalue weighted by atomic mass is 10.2. The molecule has 0 bridgehead atoms. The highest BCUT2D eigenvalue weighted by Gasteiger charge is 2.40. The summed E-state index contributed by atoms with van der Waals surface area (Å²) in [6.45, 7) is -0.0241. The van der Waals surface area contributed by atoms with Gasteiger partial charge >= 0.3 is 12.1 Å². The second-order valence-corrected chi connectivity index (χ2v) is 4.22. The number of carbonyl (C=O) groups is 2. The van der Waals surface area contributed by atoms with Crippen LogP contribution in [0.1, 0.15) is 6.42 Å². The van der Waals surface area contributed by atoms with Gasteiger partial charge in [0, 0.05) is 6.42 Å². The topological polar surface area (TPSA) is 87.1 Å². The third-order valence-corrected chi connectivity index (χ3v) is 2.91. The van der Waals surface area contributed by atoms with Gasteiger partial charge in [0.15, 0.2) is 0 Å². The summed E-state index contributed by atoms with van der Waals surface area (Å²) in [6, 6.07) is 4.15. The highest BCUT2D eigenvalue weighted by atomic mass is 19.1. The Labute approximate surface area is 108 Å². The smallest absolute Gasteiger partial charge is 0.408 e. The lowest BCUT2D eigenvalue weighted by Gasteiger charge is -2.16. The van der Waals surface area contributed by atoms with Crippen LogP contribution in [0.25, 0.3) is 0 Å². The van der Waals surface area contributed by atoms with Crippen LogP contribution < -0.4 is 4.74 Å². The van der Waals surface area contributed by atoms with E-state index < -0.39 is 30.0 Å². The molecule has 1 heterocycles. The van der Waals surface area contributed by atoms with Crippen molar-refractivity contribution in [1.82, 2.24) is 4.90 Å². The number of nitrogens with zero attached hydrogens (tertiary/aromatic N) is 1. The minimum absolute atomic E-state index is 0.0241. The first-order chi connectivity index (χ1) is 8.97. The lowest BCUT2D eigenvalue weighted by molar-refractivity contribution is -0.141. The van der Waals surface area contributed by atoms with E-state index in [0.29, 0.717) is 5.75 Å². The molecule has 0 aromatic heterocycles. The van der Waals surface area contributed by atoms with Crippen LogP contribution in [-0.2, 0) is 4.79 Å². The van der Waals surface area contributed by atoms with Crippen LogP contribution in [0.5, 0.6) is 5.75 Å². The molecular formula is C12H12FNO5. The molecule has 0 saturated carbocycles. The van der Waals surface area contributed by atoms with Gasteiger partial charge in [0.05, 0.1) is 6.54 Å². The second kappa shape index (κ2) is 5.13. The first kappa shape index (κ1) is 13.1. The largest absolute Gasteiger partial charge is 0.488 e. The van der Waals surface area contributed by atoms with Crippen molar-refractivity contribution in [2.75, 3.05) is 6.54 Å². The van der Waals surface area contributed by atoms with Gasteiger partial charge in [-0.05, 0) is 24.3 Å². The second-order valence-electron chi connectivity index (χ2n) is 4.22. The van der Waals surface area contributed by atoms with Crippen LogP contribution in [0.3, 0.4) is 0 Å². The van der Waals surface area contributed by atoms with Crippen molar-refractivity contribution < 1.29 is 28.9 Å². The summed E-state index contributed by atoms with van der Waals surface area (Å²) in [5, 5.41) is 17.9. The van der Waals surface area contributed by atoms with E-state index in [1.54, 1.807) is 0 Å². The standard InChI is InChI=1S/C12H12FNO5/c13-7-1-3-8(4-2-7)19-9-5-10(11(15)16)14(6-9)12(17)18/h1-4,9-10H,5-6H2,(H,15,16)(H,17,18). The van der Waals surface area contributed by atoms with Gasteiger partial charge in [-0.1, -0.05) is 0 Å². The molecule has 19 heavy (non-hydrogen) atoms. The Morgan fingerprint density at radius 1 is 1.26 bits per heavy atom. The minimum Gasteiger partial charge on any atom is -0.488 e. The van der Waals surface area contributed by atoms with Gasteiger partial charge in [-0.2, -0.15) is 0 Å². The quantitative estimate of drug-likeness (QED) is 0.866. The average molecular weight is 269 g/mol. The molecule has 0 radical (unpaired) electrons. The first-order valence-electron chi connectivity index (χ1n) is 5.62. The molecule has 2 unspecified atom stereocenters. The number of likely N-dealkylation sites (tertiary alicyclic amines) is 1.